The molecule has 0 aliphatic carbocycles. The Kier molecular flexibility index (Phi) is 6.46. The average Bonchev–Trinajstić information content (AvgIpc) is 3.02. The highest BCUT2D eigenvalue weighted by Gasteiger charge is 2.36. The molecule has 9 heteroatoms. The lowest BCUT2D eigenvalue weighted by Gasteiger charge is -2.35. The second-order valence-corrected chi connectivity index (χ2v) is 9.06. The fourth-order valence-corrected chi connectivity index (χ4v) is 3.79. The molecule has 8 nitrogen and oxygen atoms in total. The third-order valence-corrected chi connectivity index (χ3v) is 4.81. The Morgan fingerprint density at radius 3 is 2.58 bits per heavy atom. The van der Waals surface area contributed by atoms with Crippen LogP contribution in [0.15, 0.2) is 22.7 Å². The minimum absolute atomic E-state index is 0.0999. The molecule has 1 fully saturated rings. The molecule has 1 atom stereocenters. The Morgan fingerprint density at radius 1 is 1.42 bits per heavy atom. The smallest absolute Gasteiger partial charge is 0.314 e. The molecule has 1 unspecified atom stereocenters. The number of nitrogens with zero attached hydrogens (tertiary/aromatic N) is 2. The molecule has 1 aromatic rings. The van der Waals surface area contributed by atoms with Crippen molar-refractivity contribution in [2.45, 2.75) is 26.7 Å². The number of aliphatic carboxylic acids is 1. The molecule has 0 bridgehead atoms. The zero-order valence-electron chi connectivity index (χ0n) is 15.4. The summed E-state index contributed by atoms with van der Waals surface area (Å²) in [5.41, 5.74) is 0.644. The van der Waals surface area contributed by atoms with Gasteiger partial charge in [-0.15, -0.1) is 4.40 Å². The van der Waals surface area contributed by atoms with Crippen LogP contribution in [-0.4, -0.2) is 67.8 Å². The molecule has 146 valence electrons. The van der Waals surface area contributed by atoms with Crippen molar-refractivity contribution in [1.82, 2.24) is 9.88 Å². The van der Waals surface area contributed by atoms with E-state index in [1.54, 1.807) is 4.90 Å². The van der Waals surface area contributed by atoms with Crippen LogP contribution < -0.4 is 0 Å². The summed E-state index contributed by atoms with van der Waals surface area (Å²) in [6.07, 6.45) is 3.73. The fourth-order valence-electron chi connectivity index (χ4n) is 3.21. The first kappa shape index (κ1) is 20.4. The van der Waals surface area contributed by atoms with Crippen molar-refractivity contribution in [3.63, 3.8) is 0 Å². The average molecular weight is 385 g/mol. The van der Waals surface area contributed by atoms with E-state index in [9.17, 15) is 18.3 Å². The summed E-state index contributed by atoms with van der Waals surface area (Å²) in [5.74, 6) is -1.98. The van der Waals surface area contributed by atoms with Gasteiger partial charge in [0, 0.05) is 25.0 Å². The molecule has 0 saturated carbocycles. The summed E-state index contributed by atoms with van der Waals surface area (Å²) in [7, 11) is -3.72. The van der Waals surface area contributed by atoms with Crippen LogP contribution in [0, 0.1) is 11.3 Å². The van der Waals surface area contributed by atoms with Gasteiger partial charge in [0.1, 0.15) is 11.8 Å². The lowest BCUT2D eigenvalue weighted by atomic mass is 9.78. The van der Waals surface area contributed by atoms with Crippen molar-refractivity contribution in [2.75, 3.05) is 32.6 Å². The number of aromatic amines is 1. The van der Waals surface area contributed by atoms with Gasteiger partial charge in [-0.3, -0.25) is 4.79 Å². The maximum Gasteiger partial charge on any atom is 0.314 e. The first-order valence-corrected chi connectivity index (χ1v) is 10.4. The number of hydrogen-bond donors (Lipinski definition) is 2. The molecule has 2 heterocycles. The van der Waals surface area contributed by atoms with Gasteiger partial charge in [-0.2, -0.15) is 0 Å². The maximum absolute atomic E-state index is 12.0. The summed E-state index contributed by atoms with van der Waals surface area (Å²) < 4.78 is 32.7. The van der Waals surface area contributed by atoms with E-state index in [-0.39, 0.29) is 17.7 Å². The number of amidine groups is 1. The number of rotatable bonds is 7. The van der Waals surface area contributed by atoms with Crippen LogP contribution in [0.1, 0.15) is 26.0 Å². The van der Waals surface area contributed by atoms with Crippen molar-refractivity contribution in [1.29, 1.82) is 0 Å². The van der Waals surface area contributed by atoms with E-state index in [0.717, 1.165) is 11.9 Å². The highest BCUT2D eigenvalue weighted by molar-refractivity contribution is 7.89. The SMILES string of the molecule is CC(C)(Cc1ccc[nH]1)CC(C(=O)O)C(=NS(C)(=O)=O)N1CCOCC1. The molecule has 1 aliphatic rings. The molecule has 0 aromatic carbocycles. The van der Waals surface area contributed by atoms with Crippen LogP contribution >= 0.6 is 0 Å². The lowest BCUT2D eigenvalue weighted by molar-refractivity contribution is -0.140. The summed E-state index contributed by atoms with van der Waals surface area (Å²) >= 11 is 0. The van der Waals surface area contributed by atoms with E-state index in [0.29, 0.717) is 32.7 Å². The Bertz CT molecular complexity index is 734. The Labute approximate surface area is 154 Å². The number of ether oxygens (including phenoxy) is 1. The molecule has 0 radical (unpaired) electrons. The van der Waals surface area contributed by atoms with Crippen molar-refractivity contribution >= 4 is 21.8 Å². The van der Waals surface area contributed by atoms with Gasteiger partial charge in [0.15, 0.2) is 0 Å². The third-order valence-electron chi connectivity index (χ3n) is 4.29. The van der Waals surface area contributed by atoms with E-state index >= 15 is 0 Å². The van der Waals surface area contributed by atoms with Gasteiger partial charge in [0.05, 0.1) is 19.5 Å². The second kappa shape index (κ2) is 8.22. The predicted octanol–water partition coefficient (Wildman–Crippen LogP) is 1.36. The zero-order chi connectivity index (χ0) is 19.4. The van der Waals surface area contributed by atoms with Crippen LogP contribution in [-0.2, 0) is 26.0 Å². The van der Waals surface area contributed by atoms with E-state index in [4.69, 9.17) is 4.74 Å². The molecule has 1 saturated heterocycles. The molecule has 2 rings (SSSR count). The minimum Gasteiger partial charge on any atom is -0.481 e. The number of hydrogen-bond acceptors (Lipinski definition) is 4. The highest BCUT2D eigenvalue weighted by Crippen LogP contribution is 2.31. The molecule has 1 aliphatic heterocycles. The fraction of sp³-hybridized carbons (Fsp3) is 0.647. The van der Waals surface area contributed by atoms with E-state index in [1.165, 1.54) is 0 Å². The Morgan fingerprint density at radius 2 is 2.08 bits per heavy atom. The van der Waals surface area contributed by atoms with E-state index in [1.807, 2.05) is 32.2 Å². The molecule has 2 N–H and O–H groups in total. The van der Waals surface area contributed by atoms with Gasteiger partial charge in [-0.25, -0.2) is 8.42 Å². The number of morpholine rings is 1. The van der Waals surface area contributed by atoms with Gasteiger partial charge < -0.3 is 19.7 Å². The number of sulfonamides is 1. The normalized spacial score (nSPS) is 18.0. The zero-order valence-corrected chi connectivity index (χ0v) is 16.3. The van der Waals surface area contributed by atoms with Gasteiger partial charge in [0.2, 0.25) is 0 Å². The summed E-state index contributed by atoms with van der Waals surface area (Å²) in [6.45, 7) is 5.63. The number of carboxylic acids is 1. The monoisotopic (exact) mass is 385 g/mol. The van der Waals surface area contributed by atoms with E-state index < -0.39 is 21.9 Å². The van der Waals surface area contributed by atoms with Crippen molar-refractivity contribution < 1.29 is 23.1 Å². The number of aromatic nitrogens is 1. The lowest BCUT2D eigenvalue weighted by Crippen LogP contribution is -2.47. The molecule has 0 spiro atoms. The first-order valence-electron chi connectivity index (χ1n) is 8.55. The van der Waals surface area contributed by atoms with Crippen LogP contribution in [0.5, 0.6) is 0 Å². The predicted molar refractivity (Wildman–Crippen MR) is 98.7 cm³/mol. The van der Waals surface area contributed by atoms with Crippen LogP contribution in [0.3, 0.4) is 0 Å². The molecular weight excluding hydrogens is 358 g/mol. The summed E-state index contributed by atoms with van der Waals surface area (Å²) in [4.78, 5) is 16.9. The Balaban J connectivity index is 2.30. The number of H-pyrrole nitrogens is 1. The topological polar surface area (TPSA) is 112 Å². The number of nitrogens with one attached hydrogen (secondary N) is 1. The maximum atomic E-state index is 12.0. The number of carbonyl (C=O) groups is 1. The molecular formula is C17H27N3O5S. The standard InChI is InChI=1S/C17H27N3O5S/c1-17(2,11-13-5-4-6-18-13)12-14(16(21)22)15(19-26(3,23)24)20-7-9-25-10-8-20/h4-6,14,18H,7-12H2,1-3H3,(H,21,22). The highest BCUT2D eigenvalue weighted by atomic mass is 32.2. The molecule has 26 heavy (non-hydrogen) atoms. The summed E-state index contributed by atoms with van der Waals surface area (Å²) in [5, 5.41) is 9.82. The number of carboxylic acid groups (broad SMARTS) is 1. The van der Waals surface area contributed by atoms with Gasteiger partial charge >= 0.3 is 5.97 Å². The van der Waals surface area contributed by atoms with E-state index in [2.05, 4.69) is 9.38 Å². The van der Waals surface area contributed by atoms with Crippen molar-refractivity contribution in [3.8, 4) is 0 Å². The largest absolute Gasteiger partial charge is 0.481 e. The van der Waals surface area contributed by atoms with Crippen molar-refractivity contribution in [3.05, 3.63) is 24.0 Å². The minimum atomic E-state index is -3.72. The van der Waals surface area contributed by atoms with Gasteiger partial charge in [-0.05, 0) is 30.4 Å². The molecule has 1 aromatic heterocycles. The Hall–Kier alpha value is -1.87. The quantitative estimate of drug-likeness (QED) is 0.541. The van der Waals surface area contributed by atoms with Crippen molar-refractivity contribution in [2.24, 2.45) is 15.7 Å². The van der Waals surface area contributed by atoms with Crippen LogP contribution in [0.4, 0.5) is 0 Å². The second-order valence-electron chi connectivity index (χ2n) is 7.41. The van der Waals surface area contributed by atoms with Crippen LogP contribution in [0.25, 0.3) is 0 Å². The van der Waals surface area contributed by atoms with Crippen LogP contribution in [0.2, 0.25) is 0 Å². The van der Waals surface area contributed by atoms with Gasteiger partial charge in [0.25, 0.3) is 10.0 Å². The van der Waals surface area contributed by atoms with Gasteiger partial charge in [-0.1, -0.05) is 13.8 Å². The molecule has 0 amide bonds. The third kappa shape index (κ3) is 6.14. The summed E-state index contributed by atoms with van der Waals surface area (Å²) in [6, 6.07) is 3.84. The first-order chi connectivity index (χ1) is 12.1.